The van der Waals surface area contributed by atoms with E-state index >= 15 is 0 Å². The molecule has 2 aromatic heterocycles. The van der Waals surface area contributed by atoms with Crippen molar-refractivity contribution in [3.63, 3.8) is 0 Å². The number of aliphatic hydroxyl groups is 1. The van der Waals surface area contributed by atoms with Crippen molar-refractivity contribution in [2.75, 3.05) is 46.2 Å². The lowest BCUT2D eigenvalue weighted by Gasteiger charge is -2.31. The summed E-state index contributed by atoms with van der Waals surface area (Å²) in [5.41, 5.74) is 4.07. The van der Waals surface area contributed by atoms with Gasteiger partial charge in [0, 0.05) is 32.7 Å². The Bertz CT molecular complexity index is 1410. The first-order valence-electron chi connectivity index (χ1n) is 17.1. The summed E-state index contributed by atoms with van der Waals surface area (Å²) in [4.78, 5) is 25.0. The number of aromatic nitrogens is 4. The zero-order valence-electron chi connectivity index (χ0n) is 28.8. The molecule has 1 fully saturated rings. The van der Waals surface area contributed by atoms with Crippen LogP contribution in [0.25, 0.3) is 5.65 Å². The number of anilines is 1. The smallest absolute Gasteiger partial charge is 0.321 e. The van der Waals surface area contributed by atoms with Crippen LogP contribution in [-0.4, -0.2) is 87.3 Å². The van der Waals surface area contributed by atoms with Gasteiger partial charge in [-0.3, -0.25) is 4.79 Å². The minimum absolute atomic E-state index is 0.0388. The van der Waals surface area contributed by atoms with Crippen LogP contribution in [0.1, 0.15) is 88.3 Å². The van der Waals surface area contributed by atoms with Gasteiger partial charge in [-0.15, -0.1) is 0 Å². The van der Waals surface area contributed by atoms with E-state index in [0.717, 1.165) is 80.4 Å². The number of likely N-dealkylation sites (N-methyl/N-ethyl adjacent to an activating group) is 1. The van der Waals surface area contributed by atoms with Crippen LogP contribution in [0, 0.1) is 11.8 Å². The molecule has 1 aliphatic carbocycles. The van der Waals surface area contributed by atoms with Gasteiger partial charge in [-0.2, -0.15) is 19.6 Å². The number of aliphatic hydroxyl groups excluding tert-OH is 1. The topological polar surface area (TPSA) is 108 Å². The zero-order chi connectivity index (χ0) is 33.1. The largest absolute Gasteiger partial charge is 0.463 e. The number of carbonyl (C=O) groups is 1. The number of amides is 1. The Hall–Kier alpha value is -3.50. The molecular weight excluding hydrogens is 578 g/mol. The van der Waals surface area contributed by atoms with Gasteiger partial charge in [0.15, 0.2) is 5.65 Å². The van der Waals surface area contributed by atoms with Gasteiger partial charge in [0.2, 0.25) is 11.9 Å². The van der Waals surface area contributed by atoms with Crippen LogP contribution in [0.2, 0.25) is 0 Å². The summed E-state index contributed by atoms with van der Waals surface area (Å²) in [7, 11) is 5.65. The van der Waals surface area contributed by atoms with Gasteiger partial charge in [0.05, 0.1) is 18.9 Å². The standard InChI is InChI=1S/C36H55N7O3/c1-7-42(6)20-11-21-46-36-39-34-31(26(2)3)25-38-43(34)35(40-36)37-24-29-14-10-13-28(22-29)23-32(44)30-18-16-27(17-19-30)12-8-9-15-33(45)41(4)5/h9-10,13-15,22,25-27,30,32,44H,7-8,11-12,16-21,23-24H2,1-6H3,(H,37,39,40)/b15-9+. The fraction of sp³-hybridized carbons (Fsp3) is 0.611. The number of hydrogen-bond donors (Lipinski definition) is 2. The van der Waals surface area contributed by atoms with E-state index in [1.807, 2.05) is 12.3 Å². The lowest BCUT2D eigenvalue weighted by atomic mass is 9.76. The van der Waals surface area contributed by atoms with Crippen LogP contribution < -0.4 is 10.1 Å². The van der Waals surface area contributed by atoms with Crippen molar-refractivity contribution < 1.29 is 14.6 Å². The van der Waals surface area contributed by atoms with Gasteiger partial charge in [0.25, 0.3) is 0 Å². The summed E-state index contributed by atoms with van der Waals surface area (Å²) < 4.78 is 7.76. The van der Waals surface area contributed by atoms with Crippen molar-refractivity contribution in [3.8, 4) is 6.01 Å². The molecule has 1 aromatic carbocycles. The highest BCUT2D eigenvalue weighted by atomic mass is 16.5. The normalized spacial score (nSPS) is 17.7. The molecular formula is C36H55N7O3. The van der Waals surface area contributed by atoms with Gasteiger partial charge in [-0.1, -0.05) is 64.0 Å². The Morgan fingerprint density at radius 3 is 2.63 bits per heavy atom. The zero-order valence-corrected chi connectivity index (χ0v) is 28.8. The molecule has 0 saturated heterocycles. The molecule has 252 valence electrons. The molecule has 0 bridgehead atoms. The molecule has 1 unspecified atom stereocenters. The summed E-state index contributed by atoms with van der Waals surface area (Å²) in [5.74, 6) is 1.90. The van der Waals surface area contributed by atoms with Crippen molar-refractivity contribution in [1.29, 1.82) is 0 Å². The first-order chi connectivity index (χ1) is 22.1. The van der Waals surface area contributed by atoms with Crippen LogP contribution in [-0.2, 0) is 17.8 Å². The van der Waals surface area contributed by atoms with Gasteiger partial charge in [-0.05, 0) is 87.1 Å². The third kappa shape index (κ3) is 10.3. The number of hydrogen-bond acceptors (Lipinski definition) is 8. The first kappa shape index (κ1) is 35.4. The maximum atomic E-state index is 11.7. The van der Waals surface area contributed by atoms with Crippen LogP contribution in [0.4, 0.5) is 5.95 Å². The number of ether oxygens (including phenoxy) is 1. The van der Waals surface area contributed by atoms with E-state index in [2.05, 4.69) is 72.4 Å². The number of allylic oxidation sites excluding steroid dienone is 1. The molecule has 10 nitrogen and oxygen atoms in total. The van der Waals surface area contributed by atoms with Crippen LogP contribution in [0.15, 0.2) is 42.6 Å². The van der Waals surface area contributed by atoms with Crippen LogP contribution in [0.3, 0.4) is 0 Å². The maximum absolute atomic E-state index is 11.7. The third-order valence-electron chi connectivity index (χ3n) is 9.22. The van der Waals surface area contributed by atoms with Crippen LogP contribution >= 0.6 is 0 Å². The van der Waals surface area contributed by atoms with Crippen molar-refractivity contribution in [2.45, 2.75) is 90.7 Å². The number of benzene rings is 1. The van der Waals surface area contributed by atoms with Crippen molar-refractivity contribution in [3.05, 3.63) is 59.3 Å². The Morgan fingerprint density at radius 1 is 1.15 bits per heavy atom. The number of rotatable bonds is 17. The average molecular weight is 634 g/mol. The minimum Gasteiger partial charge on any atom is -0.463 e. The second kappa shape index (κ2) is 17.4. The third-order valence-corrected chi connectivity index (χ3v) is 9.22. The van der Waals surface area contributed by atoms with E-state index < -0.39 is 0 Å². The summed E-state index contributed by atoms with van der Waals surface area (Å²) in [6.07, 6.45) is 13.2. The van der Waals surface area contributed by atoms with Gasteiger partial charge >= 0.3 is 6.01 Å². The molecule has 0 spiro atoms. The summed E-state index contributed by atoms with van der Waals surface area (Å²) >= 11 is 0. The minimum atomic E-state index is -0.349. The first-order valence-corrected chi connectivity index (χ1v) is 17.1. The molecule has 1 aliphatic rings. The Morgan fingerprint density at radius 2 is 1.91 bits per heavy atom. The molecule has 0 radical (unpaired) electrons. The second-order valence-corrected chi connectivity index (χ2v) is 13.4. The molecule has 2 heterocycles. The average Bonchev–Trinajstić information content (AvgIpc) is 3.49. The number of carbonyl (C=O) groups excluding carboxylic acids is 1. The van der Waals surface area contributed by atoms with E-state index in [0.29, 0.717) is 43.4 Å². The summed E-state index contributed by atoms with van der Waals surface area (Å²) in [6.45, 7) is 9.49. The fourth-order valence-corrected chi connectivity index (χ4v) is 6.10. The molecule has 3 aromatic rings. The SMILES string of the molecule is CCN(C)CCCOc1nc(NCc2cccc(CC(O)C3CCC(CC/C=C/C(=O)N(C)C)CC3)c2)n2ncc(C(C)C)c2n1. The van der Waals surface area contributed by atoms with Crippen molar-refractivity contribution in [1.82, 2.24) is 29.4 Å². The highest BCUT2D eigenvalue weighted by molar-refractivity contribution is 5.87. The molecule has 1 atom stereocenters. The quantitative estimate of drug-likeness (QED) is 0.144. The summed E-state index contributed by atoms with van der Waals surface area (Å²) in [5, 5.41) is 19.2. The number of nitrogens with zero attached hydrogens (tertiary/aromatic N) is 6. The van der Waals surface area contributed by atoms with Crippen LogP contribution in [0.5, 0.6) is 6.01 Å². The predicted octanol–water partition coefficient (Wildman–Crippen LogP) is 5.71. The lowest BCUT2D eigenvalue weighted by molar-refractivity contribution is -0.123. The number of nitrogens with one attached hydrogen (secondary N) is 1. The lowest BCUT2D eigenvalue weighted by Crippen LogP contribution is -2.27. The second-order valence-electron chi connectivity index (χ2n) is 13.4. The highest BCUT2D eigenvalue weighted by Crippen LogP contribution is 2.34. The molecule has 0 aliphatic heterocycles. The fourth-order valence-electron chi connectivity index (χ4n) is 6.10. The van der Waals surface area contributed by atoms with E-state index in [1.165, 1.54) is 0 Å². The van der Waals surface area contributed by atoms with Gasteiger partial charge in [0.1, 0.15) is 0 Å². The maximum Gasteiger partial charge on any atom is 0.321 e. The highest BCUT2D eigenvalue weighted by Gasteiger charge is 2.26. The van der Waals surface area contributed by atoms with E-state index in [-0.39, 0.29) is 17.9 Å². The predicted molar refractivity (Wildman–Crippen MR) is 184 cm³/mol. The molecule has 46 heavy (non-hydrogen) atoms. The van der Waals surface area contributed by atoms with Crippen molar-refractivity contribution in [2.24, 2.45) is 11.8 Å². The van der Waals surface area contributed by atoms with Gasteiger partial charge in [-0.25, -0.2) is 0 Å². The molecule has 1 amide bonds. The molecule has 10 heteroatoms. The molecule has 1 saturated carbocycles. The van der Waals surface area contributed by atoms with Crippen molar-refractivity contribution >= 4 is 17.5 Å². The van der Waals surface area contributed by atoms with Gasteiger partial charge < -0.3 is 25.0 Å². The van der Waals surface area contributed by atoms with E-state index in [4.69, 9.17) is 9.72 Å². The monoisotopic (exact) mass is 633 g/mol. The van der Waals surface area contributed by atoms with E-state index in [9.17, 15) is 9.90 Å². The van der Waals surface area contributed by atoms with E-state index in [1.54, 1.807) is 29.6 Å². The Labute approximate surface area is 275 Å². The Balaban J connectivity index is 1.31. The Kier molecular flexibility index (Phi) is 13.4. The molecule has 2 N–H and O–H groups in total. The number of fused-ring (bicyclic) bond motifs is 1. The summed E-state index contributed by atoms with van der Waals surface area (Å²) in [6, 6.07) is 8.79. The molecule has 4 rings (SSSR count).